The average molecular weight is 510 g/mol. The molecule has 2 aliphatic carbocycles. The summed E-state index contributed by atoms with van der Waals surface area (Å²) in [6.45, 7) is -0.560. The zero-order chi connectivity index (χ0) is 25.8. The highest BCUT2D eigenvalue weighted by atomic mass is 35.5. The number of aliphatic hydroxyl groups excluding tert-OH is 1. The lowest BCUT2D eigenvalue weighted by Crippen LogP contribution is -2.43. The average Bonchev–Trinajstić information content (AvgIpc) is 2.84. The van der Waals surface area contributed by atoms with Crippen LogP contribution in [0.1, 0.15) is 55.5 Å². The van der Waals surface area contributed by atoms with Crippen LogP contribution in [0.5, 0.6) is 11.5 Å². The van der Waals surface area contributed by atoms with Gasteiger partial charge in [0.05, 0.1) is 17.2 Å². The van der Waals surface area contributed by atoms with Crippen LogP contribution in [-0.2, 0) is 11.2 Å². The normalized spacial score (nSPS) is 20.2. The van der Waals surface area contributed by atoms with Crippen molar-refractivity contribution in [2.45, 2.75) is 24.5 Å². The Bertz CT molecular complexity index is 1430. The van der Waals surface area contributed by atoms with Crippen LogP contribution < -0.4 is 5.32 Å². The molecule has 0 spiro atoms. The third kappa shape index (κ3) is 3.87. The number of carbonyl (C=O) groups excluding carboxylic acids is 3. The Hall–Kier alpha value is -3.92. The number of ketones is 2. The molecule has 2 aliphatic rings. The molecule has 10 heteroatoms. The van der Waals surface area contributed by atoms with Crippen LogP contribution in [0.2, 0.25) is 5.02 Å². The van der Waals surface area contributed by atoms with Gasteiger partial charge in [0.15, 0.2) is 11.6 Å². The summed E-state index contributed by atoms with van der Waals surface area (Å²) in [7, 11) is 0. The molecule has 1 unspecified atom stereocenters. The zero-order valence-electron chi connectivity index (χ0n) is 18.6. The molecule has 5 N–H and O–H groups in total. The third-order valence-electron chi connectivity index (χ3n) is 6.44. The van der Waals surface area contributed by atoms with Crippen LogP contribution in [0, 0.1) is 0 Å². The topological polar surface area (TPSA) is 153 Å². The van der Waals surface area contributed by atoms with Crippen molar-refractivity contribution < 1.29 is 39.5 Å². The van der Waals surface area contributed by atoms with Gasteiger partial charge in [0.2, 0.25) is 0 Å². The van der Waals surface area contributed by atoms with E-state index in [0.29, 0.717) is 10.7 Å². The number of phenols is 2. The van der Waals surface area contributed by atoms with Crippen molar-refractivity contribution in [3.05, 3.63) is 86.9 Å². The largest absolute Gasteiger partial charge is 0.507 e. The van der Waals surface area contributed by atoms with Gasteiger partial charge in [-0.2, -0.15) is 0 Å². The Kier molecular flexibility index (Phi) is 5.71. The van der Waals surface area contributed by atoms with Crippen molar-refractivity contribution in [1.29, 1.82) is 0 Å². The number of benzene rings is 3. The molecule has 5 rings (SSSR count). The molecule has 36 heavy (non-hydrogen) atoms. The standard InChI is InChI=1S/C26H20ClNO8/c27-12-5-7-13(8-6-12)28-25(34)36-11-26(35)9-16-18(17(29)10-26)24(33)20-19(23(16)32)21(30)14-3-1-2-4-15(14)22(20)31/h1-8,17,29,32-33,35H,9-11H2,(H,28,34)/t17-,26?/m0/s1. The minimum Gasteiger partial charge on any atom is -0.507 e. The number of rotatable bonds is 3. The van der Waals surface area contributed by atoms with Gasteiger partial charge >= 0.3 is 6.09 Å². The van der Waals surface area contributed by atoms with Crippen LogP contribution in [0.15, 0.2) is 48.5 Å². The second kappa shape index (κ2) is 8.63. The Labute approximate surface area is 209 Å². The number of anilines is 1. The van der Waals surface area contributed by atoms with Gasteiger partial charge in [-0.25, -0.2) is 4.79 Å². The monoisotopic (exact) mass is 509 g/mol. The van der Waals surface area contributed by atoms with E-state index in [2.05, 4.69) is 5.32 Å². The number of aliphatic hydroxyl groups is 2. The fourth-order valence-electron chi connectivity index (χ4n) is 4.78. The summed E-state index contributed by atoms with van der Waals surface area (Å²) in [5, 5.41) is 46.8. The highest BCUT2D eigenvalue weighted by Crippen LogP contribution is 2.50. The fourth-order valence-corrected chi connectivity index (χ4v) is 4.91. The number of amides is 1. The van der Waals surface area contributed by atoms with E-state index in [0.717, 1.165) is 0 Å². The van der Waals surface area contributed by atoms with Crippen molar-refractivity contribution in [2.75, 3.05) is 11.9 Å². The lowest BCUT2D eigenvalue weighted by atomic mass is 9.73. The fraction of sp³-hybridized carbons (Fsp3) is 0.192. The zero-order valence-corrected chi connectivity index (χ0v) is 19.4. The van der Waals surface area contributed by atoms with E-state index in [4.69, 9.17) is 16.3 Å². The Morgan fingerprint density at radius 1 is 1.00 bits per heavy atom. The molecule has 0 fully saturated rings. The van der Waals surface area contributed by atoms with Gasteiger partial charge in [-0.3, -0.25) is 14.9 Å². The van der Waals surface area contributed by atoms with Gasteiger partial charge in [-0.05, 0) is 24.3 Å². The van der Waals surface area contributed by atoms with E-state index < -0.39 is 58.6 Å². The molecule has 2 atom stereocenters. The predicted molar refractivity (Wildman–Crippen MR) is 128 cm³/mol. The molecule has 184 valence electrons. The number of hydrogen-bond acceptors (Lipinski definition) is 8. The van der Waals surface area contributed by atoms with Crippen molar-refractivity contribution in [3.8, 4) is 11.5 Å². The predicted octanol–water partition coefficient (Wildman–Crippen LogP) is 3.49. The molecule has 0 saturated carbocycles. The Balaban J connectivity index is 1.44. The maximum absolute atomic E-state index is 13.1. The number of halogens is 1. The molecular formula is C26H20ClNO8. The minimum atomic E-state index is -1.83. The highest BCUT2D eigenvalue weighted by molar-refractivity contribution is 6.31. The highest BCUT2D eigenvalue weighted by Gasteiger charge is 2.45. The van der Waals surface area contributed by atoms with Gasteiger partial charge in [0.25, 0.3) is 0 Å². The molecule has 0 heterocycles. The lowest BCUT2D eigenvalue weighted by Gasteiger charge is -2.37. The first-order chi connectivity index (χ1) is 17.1. The van der Waals surface area contributed by atoms with Gasteiger partial charge in [-0.1, -0.05) is 35.9 Å². The van der Waals surface area contributed by atoms with E-state index in [-0.39, 0.29) is 35.1 Å². The number of nitrogens with one attached hydrogen (secondary N) is 1. The molecule has 0 aliphatic heterocycles. The third-order valence-corrected chi connectivity index (χ3v) is 6.69. The summed E-state index contributed by atoms with van der Waals surface area (Å²) >= 11 is 5.82. The van der Waals surface area contributed by atoms with E-state index in [1.165, 1.54) is 12.1 Å². The summed E-state index contributed by atoms with van der Waals surface area (Å²) in [5.41, 5.74) is -2.32. The number of ether oxygens (including phenoxy) is 1. The molecule has 9 nitrogen and oxygen atoms in total. The van der Waals surface area contributed by atoms with Crippen molar-refractivity contribution in [2.24, 2.45) is 0 Å². The summed E-state index contributed by atoms with van der Waals surface area (Å²) in [6, 6.07) is 12.3. The summed E-state index contributed by atoms with van der Waals surface area (Å²) < 4.78 is 5.14. The molecule has 3 aromatic rings. The van der Waals surface area contributed by atoms with Crippen molar-refractivity contribution in [3.63, 3.8) is 0 Å². The second-order valence-electron chi connectivity index (χ2n) is 8.87. The Morgan fingerprint density at radius 2 is 1.58 bits per heavy atom. The SMILES string of the molecule is O=C(Nc1ccc(Cl)cc1)OCC1(O)Cc2c(O)c3c(c(O)c2[C@@H](O)C1)C(=O)c1ccccc1C3=O. The molecule has 0 radical (unpaired) electrons. The van der Waals surface area contributed by atoms with Crippen molar-refractivity contribution >= 4 is 34.9 Å². The maximum atomic E-state index is 13.1. The molecule has 0 aromatic heterocycles. The van der Waals surface area contributed by atoms with Crippen LogP contribution in [0.25, 0.3) is 0 Å². The number of carbonyl (C=O) groups is 3. The Morgan fingerprint density at radius 3 is 2.19 bits per heavy atom. The number of phenolic OH excluding ortho intramolecular Hbond substituents is 2. The molecule has 0 bridgehead atoms. The molecular weight excluding hydrogens is 490 g/mol. The van der Waals surface area contributed by atoms with E-state index in [1.807, 2.05) is 0 Å². The maximum Gasteiger partial charge on any atom is 0.411 e. The van der Waals surface area contributed by atoms with Gasteiger partial charge in [0.1, 0.15) is 23.7 Å². The van der Waals surface area contributed by atoms with E-state index >= 15 is 0 Å². The first-order valence-corrected chi connectivity index (χ1v) is 11.4. The molecule has 0 saturated heterocycles. The van der Waals surface area contributed by atoms with Gasteiger partial charge in [-0.15, -0.1) is 0 Å². The number of hydrogen-bond donors (Lipinski definition) is 5. The summed E-state index contributed by atoms with van der Waals surface area (Å²) in [6.07, 6.45) is -3.11. The first-order valence-electron chi connectivity index (χ1n) is 11.0. The minimum absolute atomic E-state index is 0.0680. The summed E-state index contributed by atoms with van der Waals surface area (Å²) in [5.74, 6) is -2.57. The second-order valence-corrected chi connectivity index (χ2v) is 9.31. The van der Waals surface area contributed by atoms with Crippen molar-refractivity contribution in [1.82, 2.24) is 0 Å². The van der Waals surface area contributed by atoms with Crippen LogP contribution in [0.4, 0.5) is 10.5 Å². The van der Waals surface area contributed by atoms with Gasteiger partial charge in [0, 0.05) is 45.8 Å². The smallest absolute Gasteiger partial charge is 0.411 e. The van der Waals surface area contributed by atoms with E-state index in [1.54, 1.807) is 36.4 Å². The van der Waals surface area contributed by atoms with Crippen LogP contribution in [-0.4, -0.2) is 50.3 Å². The van der Waals surface area contributed by atoms with Gasteiger partial charge < -0.3 is 25.2 Å². The number of aromatic hydroxyl groups is 2. The quantitative estimate of drug-likeness (QED) is 0.263. The van der Waals surface area contributed by atoms with Crippen LogP contribution >= 0.6 is 11.6 Å². The first kappa shape index (κ1) is 23.8. The number of fused-ring (bicyclic) bond motifs is 3. The molecule has 1 amide bonds. The molecule has 3 aromatic carbocycles. The summed E-state index contributed by atoms with van der Waals surface area (Å²) in [4.78, 5) is 38.4. The van der Waals surface area contributed by atoms with Crippen LogP contribution in [0.3, 0.4) is 0 Å². The van der Waals surface area contributed by atoms with E-state index in [9.17, 15) is 34.8 Å². The lowest BCUT2D eigenvalue weighted by molar-refractivity contribution is -0.0613.